The zero-order chi connectivity index (χ0) is 12.4. The molecule has 5 atom stereocenters. The third kappa shape index (κ3) is 1.45. The van der Waals surface area contributed by atoms with Crippen molar-refractivity contribution < 1.29 is 14.6 Å². The van der Waals surface area contributed by atoms with Gasteiger partial charge in [0.1, 0.15) is 5.60 Å². The predicted molar refractivity (Wildman–Crippen MR) is 63.5 cm³/mol. The molecule has 0 aromatic carbocycles. The molecule has 1 N–H and O–H groups in total. The average Bonchev–Trinajstić information content (AvgIpc) is 2.33. The molecule has 1 saturated carbocycles. The van der Waals surface area contributed by atoms with E-state index >= 15 is 0 Å². The van der Waals surface area contributed by atoms with Crippen LogP contribution in [0.25, 0.3) is 0 Å². The molecule has 3 heteroatoms. The van der Waals surface area contributed by atoms with E-state index in [1.165, 1.54) is 0 Å². The average molecular weight is 238 g/mol. The maximum absolute atomic E-state index is 12.3. The van der Waals surface area contributed by atoms with Crippen molar-refractivity contribution in [3.63, 3.8) is 0 Å². The molecule has 2 aliphatic heterocycles. The highest BCUT2D eigenvalue weighted by Crippen LogP contribution is 2.58. The molecule has 3 aliphatic rings. The van der Waals surface area contributed by atoms with Gasteiger partial charge in [-0.1, -0.05) is 13.8 Å². The summed E-state index contributed by atoms with van der Waals surface area (Å²) in [6, 6.07) is 0. The van der Waals surface area contributed by atoms with E-state index in [1.54, 1.807) is 6.92 Å². The van der Waals surface area contributed by atoms with Gasteiger partial charge in [-0.25, -0.2) is 0 Å². The lowest BCUT2D eigenvalue weighted by Crippen LogP contribution is -2.54. The standard InChI is InChI=1S/C14H22O3/c1-13(2)7-8-9(13)6-12(16)14(3)11(15)5-4-10(8)17-14/h8-11,15H,4-7H2,1-3H3/t8-,9+,10-,11+,14+/m1/s1. The largest absolute Gasteiger partial charge is 0.390 e. The summed E-state index contributed by atoms with van der Waals surface area (Å²) < 4.78 is 5.99. The van der Waals surface area contributed by atoms with Gasteiger partial charge in [-0.05, 0) is 43.4 Å². The van der Waals surface area contributed by atoms with Crippen LogP contribution in [0.3, 0.4) is 0 Å². The maximum Gasteiger partial charge on any atom is 0.167 e. The SMILES string of the molecule is CC1(C)C[C@H]2[C@H]3CC[C@H](O)[C@](C)(O3)C(=O)C[C@@H]21. The lowest BCUT2D eigenvalue weighted by molar-refractivity contribution is -0.203. The van der Waals surface area contributed by atoms with Crippen molar-refractivity contribution in [3.05, 3.63) is 0 Å². The summed E-state index contributed by atoms with van der Waals surface area (Å²) in [4.78, 5) is 12.3. The van der Waals surface area contributed by atoms with Crippen LogP contribution in [-0.4, -0.2) is 28.7 Å². The number of aliphatic hydroxyl groups is 1. The van der Waals surface area contributed by atoms with Crippen LogP contribution < -0.4 is 0 Å². The zero-order valence-electron chi connectivity index (χ0n) is 10.9. The minimum Gasteiger partial charge on any atom is -0.390 e. The summed E-state index contributed by atoms with van der Waals surface area (Å²) in [7, 11) is 0. The maximum atomic E-state index is 12.3. The van der Waals surface area contributed by atoms with Gasteiger partial charge < -0.3 is 9.84 Å². The first-order chi connectivity index (χ1) is 7.84. The monoisotopic (exact) mass is 238 g/mol. The van der Waals surface area contributed by atoms with E-state index in [0.717, 1.165) is 12.8 Å². The summed E-state index contributed by atoms with van der Waals surface area (Å²) in [5, 5.41) is 10.1. The highest BCUT2D eigenvalue weighted by atomic mass is 16.5. The number of hydrogen-bond acceptors (Lipinski definition) is 3. The Balaban J connectivity index is 1.94. The Morgan fingerprint density at radius 3 is 2.65 bits per heavy atom. The molecule has 1 aliphatic carbocycles. The second-order valence-electron chi connectivity index (χ2n) is 6.95. The van der Waals surface area contributed by atoms with Crippen LogP contribution in [0.5, 0.6) is 0 Å². The summed E-state index contributed by atoms with van der Waals surface area (Å²) >= 11 is 0. The molecule has 0 aromatic heterocycles. The molecule has 2 heterocycles. The van der Waals surface area contributed by atoms with Crippen LogP contribution in [0.15, 0.2) is 0 Å². The Morgan fingerprint density at radius 1 is 1.29 bits per heavy atom. The number of ether oxygens (including phenoxy) is 1. The fraction of sp³-hybridized carbons (Fsp3) is 0.929. The Bertz CT molecular complexity index is 362. The Hall–Kier alpha value is -0.410. The molecular weight excluding hydrogens is 216 g/mol. The fourth-order valence-corrected chi connectivity index (χ4v) is 4.14. The summed E-state index contributed by atoms with van der Waals surface area (Å²) in [5.41, 5.74) is -0.668. The molecule has 2 saturated heterocycles. The highest BCUT2D eigenvalue weighted by molar-refractivity contribution is 5.88. The van der Waals surface area contributed by atoms with E-state index in [9.17, 15) is 9.90 Å². The second kappa shape index (κ2) is 3.33. The minimum atomic E-state index is -0.934. The lowest BCUT2D eigenvalue weighted by Gasteiger charge is -2.53. The van der Waals surface area contributed by atoms with Gasteiger partial charge in [0.15, 0.2) is 5.78 Å². The summed E-state index contributed by atoms with van der Waals surface area (Å²) in [6.45, 7) is 6.27. The molecule has 0 radical (unpaired) electrons. The third-order valence-corrected chi connectivity index (χ3v) is 5.48. The Kier molecular flexibility index (Phi) is 2.28. The molecule has 0 unspecified atom stereocenters. The molecular formula is C14H22O3. The van der Waals surface area contributed by atoms with Crippen molar-refractivity contribution in [1.82, 2.24) is 0 Å². The van der Waals surface area contributed by atoms with Gasteiger partial charge in [0.2, 0.25) is 0 Å². The first-order valence-corrected chi connectivity index (χ1v) is 6.74. The van der Waals surface area contributed by atoms with Crippen molar-refractivity contribution in [2.75, 3.05) is 0 Å². The summed E-state index contributed by atoms with van der Waals surface area (Å²) in [5.74, 6) is 1.09. The van der Waals surface area contributed by atoms with E-state index in [-0.39, 0.29) is 17.3 Å². The molecule has 0 spiro atoms. The van der Waals surface area contributed by atoms with E-state index < -0.39 is 11.7 Å². The molecule has 3 fully saturated rings. The Labute approximate surface area is 103 Å². The molecule has 3 nitrogen and oxygen atoms in total. The van der Waals surface area contributed by atoms with Crippen LogP contribution in [0, 0.1) is 17.3 Å². The van der Waals surface area contributed by atoms with Crippen LogP contribution in [0.2, 0.25) is 0 Å². The lowest BCUT2D eigenvalue weighted by atomic mass is 9.52. The van der Waals surface area contributed by atoms with Gasteiger partial charge in [-0.3, -0.25) is 4.79 Å². The minimum absolute atomic E-state index is 0.106. The molecule has 3 rings (SSSR count). The van der Waals surface area contributed by atoms with E-state index in [4.69, 9.17) is 4.74 Å². The normalized spacial score (nSPS) is 52.4. The van der Waals surface area contributed by atoms with Crippen LogP contribution in [-0.2, 0) is 9.53 Å². The van der Waals surface area contributed by atoms with Crippen molar-refractivity contribution in [1.29, 1.82) is 0 Å². The molecule has 2 bridgehead atoms. The topological polar surface area (TPSA) is 46.5 Å². The number of aliphatic hydroxyl groups excluding tert-OH is 1. The smallest absolute Gasteiger partial charge is 0.167 e. The first kappa shape index (κ1) is 11.7. The number of fused-ring (bicyclic) bond motifs is 4. The van der Waals surface area contributed by atoms with Gasteiger partial charge in [-0.2, -0.15) is 0 Å². The van der Waals surface area contributed by atoms with Gasteiger partial charge in [0.05, 0.1) is 12.2 Å². The molecule has 17 heavy (non-hydrogen) atoms. The van der Waals surface area contributed by atoms with Crippen LogP contribution in [0.1, 0.15) is 46.5 Å². The number of hydrogen-bond donors (Lipinski definition) is 1. The van der Waals surface area contributed by atoms with E-state index in [1.807, 2.05) is 0 Å². The predicted octanol–water partition coefficient (Wildman–Crippen LogP) is 1.92. The number of carbonyl (C=O) groups excluding carboxylic acids is 1. The van der Waals surface area contributed by atoms with Crippen molar-refractivity contribution in [2.24, 2.45) is 17.3 Å². The van der Waals surface area contributed by atoms with Gasteiger partial charge in [-0.15, -0.1) is 0 Å². The van der Waals surface area contributed by atoms with Crippen molar-refractivity contribution in [2.45, 2.75) is 64.3 Å². The quantitative estimate of drug-likeness (QED) is 0.701. The summed E-state index contributed by atoms with van der Waals surface area (Å²) in [6.07, 6.45) is 2.92. The first-order valence-electron chi connectivity index (χ1n) is 6.74. The fourth-order valence-electron chi connectivity index (χ4n) is 4.14. The van der Waals surface area contributed by atoms with Crippen molar-refractivity contribution >= 4 is 5.78 Å². The van der Waals surface area contributed by atoms with Gasteiger partial charge in [0.25, 0.3) is 0 Å². The van der Waals surface area contributed by atoms with E-state index in [0.29, 0.717) is 24.7 Å². The molecule has 0 aromatic rings. The number of carbonyl (C=O) groups is 1. The van der Waals surface area contributed by atoms with Gasteiger partial charge in [0, 0.05) is 6.42 Å². The van der Waals surface area contributed by atoms with E-state index in [2.05, 4.69) is 13.8 Å². The van der Waals surface area contributed by atoms with Crippen LogP contribution in [0.4, 0.5) is 0 Å². The zero-order valence-corrected chi connectivity index (χ0v) is 10.9. The second-order valence-corrected chi connectivity index (χ2v) is 6.95. The van der Waals surface area contributed by atoms with Crippen LogP contribution >= 0.6 is 0 Å². The third-order valence-electron chi connectivity index (χ3n) is 5.48. The van der Waals surface area contributed by atoms with Gasteiger partial charge >= 0.3 is 0 Å². The Morgan fingerprint density at radius 2 is 2.00 bits per heavy atom. The van der Waals surface area contributed by atoms with Crippen molar-refractivity contribution in [3.8, 4) is 0 Å². The number of ketones is 1. The number of rotatable bonds is 0. The highest BCUT2D eigenvalue weighted by Gasteiger charge is 2.59. The molecule has 96 valence electrons. The number of Topliss-reactive ketones (excluding diaryl/α,β-unsaturated/α-hetero) is 1. The molecule has 0 amide bonds.